The quantitative estimate of drug-likeness (QED) is 0.875. The number of carbonyl (C=O) groups excluding carboxylic acids is 1. The molecule has 7 heteroatoms. The molecule has 0 aliphatic carbocycles. The van der Waals surface area contributed by atoms with Crippen molar-refractivity contribution < 1.29 is 9.53 Å². The van der Waals surface area contributed by atoms with Crippen molar-refractivity contribution in [1.29, 1.82) is 5.26 Å². The van der Waals surface area contributed by atoms with Gasteiger partial charge in [0.25, 0.3) is 5.91 Å². The molecule has 2 heterocycles. The van der Waals surface area contributed by atoms with E-state index in [1.165, 1.54) is 6.33 Å². The number of amides is 1. The number of nitrogens with zero attached hydrogens (tertiary/aromatic N) is 3. The third-order valence-corrected chi connectivity index (χ3v) is 3.71. The second kappa shape index (κ2) is 7.53. The second-order valence-electron chi connectivity index (χ2n) is 5.45. The van der Waals surface area contributed by atoms with Crippen LogP contribution in [0.15, 0.2) is 36.7 Å². The average Bonchev–Trinajstić information content (AvgIpc) is 3.14. The van der Waals surface area contributed by atoms with Crippen LogP contribution in [0, 0.1) is 11.3 Å². The highest BCUT2D eigenvalue weighted by Crippen LogP contribution is 2.14. The topological polar surface area (TPSA) is 99.9 Å². The molecule has 1 aromatic heterocycles. The van der Waals surface area contributed by atoms with Crippen LogP contribution in [0.5, 0.6) is 0 Å². The zero-order valence-corrected chi connectivity index (χ0v) is 13.0. The van der Waals surface area contributed by atoms with Crippen molar-refractivity contribution in [1.82, 2.24) is 9.97 Å². The number of rotatable bonds is 5. The van der Waals surface area contributed by atoms with Crippen molar-refractivity contribution in [3.8, 4) is 6.07 Å². The van der Waals surface area contributed by atoms with Gasteiger partial charge in [-0.15, -0.1) is 0 Å². The fraction of sp³-hybridized carbons (Fsp3) is 0.294. The van der Waals surface area contributed by atoms with Gasteiger partial charge in [-0.3, -0.25) is 4.79 Å². The number of hydrogen-bond acceptors (Lipinski definition) is 6. The Balaban J connectivity index is 1.61. The van der Waals surface area contributed by atoms with E-state index in [2.05, 4.69) is 20.6 Å². The van der Waals surface area contributed by atoms with E-state index in [0.29, 0.717) is 23.6 Å². The molecular formula is C17H17N5O2. The summed E-state index contributed by atoms with van der Waals surface area (Å²) in [6, 6.07) is 10.3. The van der Waals surface area contributed by atoms with Crippen LogP contribution < -0.4 is 10.6 Å². The van der Waals surface area contributed by atoms with E-state index >= 15 is 0 Å². The number of ether oxygens (including phenoxy) is 1. The predicted octanol–water partition coefficient (Wildman–Crippen LogP) is 2.19. The Hall–Kier alpha value is -2.98. The molecule has 2 N–H and O–H groups in total. The molecule has 122 valence electrons. The molecule has 24 heavy (non-hydrogen) atoms. The minimum Gasteiger partial charge on any atom is -0.376 e. The van der Waals surface area contributed by atoms with Gasteiger partial charge >= 0.3 is 0 Å². The Morgan fingerprint density at radius 2 is 2.17 bits per heavy atom. The zero-order chi connectivity index (χ0) is 16.8. The number of hydrogen-bond donors (Lipinski definition) is 2. The van der Waals surface area contributed by atoms with Gasteiger partial charge in [0.2, 0.25) is 0 Å². The first-order valence-electron chi connectivity index (χ1n) is 7.73. The average molecular weight is 323 g/mol. The Kier molecular flexibility index (Phi) is 4.99. The number of benzene rings is 1. The first-order valence-corrected chi connectivity index (χ1v) is 7.73. The summed E-state index contributed by atoms with van der Waals surface area (Å²) in [6.07, 6.45) is 3.65. The van der Waals surface area contributed by atoms with Crippen LogP contribution in [-0.4, -0.2) is 35.1 Å². The van der Waals surface area contributed by atoms with Crippen LogP contribution in [0.1, 0.15) is 28.9 Å². The molecule has 2 aromatic rings. The predicted molar refractivity (Wildman–Crippen MR) is 88.6 cm³/mol. The van der Waals surface area contributed by atoms with Gasteiger partial charge in [-0.2, -0.15) is 5.26 Å². The van der Waals surface area contributed by atoms with E-state index < -0.39 is 0 Å². The van der Waals surface area contributed by atoms with Gasteiger partial charge in [-0.05, 0) is 37.1 Å². The highest BCUT2D eigenvalue weighted by molar-refractivity contribution is 6.03. The Morgan fingerprint density at radius 1 is 1.33 bits per heavy atom. The molecule has 1 fully saturated rings. The minimum absolute atomic E-state index is 0.191. The molecule has 1 aromatic carbocycles. The third kappa shape index (κ3) is 4.06. The smallest absolute Gasteiger partial charge is 0.274 e. The van der Waals surface area contributed by atoms with E-state index in [-0.39, 0.29) is 17.7 Å². The van der Waals surface area contributed by atoms with Gasteiger partial charge in [0.15, 0.2) is 0 Å². The van der Waals surface area contributed by atoms with Gasteiger partial charge in [0, 0.05) is 24.9 Å². The molecule has 1 aliphatic rings. The van der Waals surface area contributed by atoms with Crippen LogP contribution in [0.2, 0.25) is 0 Å². The monoisotopic (exact) mass is 323 g/mol. The van der Waals surface area contributed by atoms with Crippen molar-refractivity contribution in [2.45, 2.75) is 18.9 Å². The van der Waals surface area contributed by atoms with Crippen LogP contribution in [0.25, 0.3) is 0 Å². The lowest BCUT2D eigenvalue weighted by Crippen LogP contribution is -2.20. The van der Waals surface area contributed by atoms with Crippen molar-refractivity contribution in [2.75, 3.05) is 23.8 Å². The maximum Gasteiger partial charge on any atom is 0.274 e. The van der Waals surface area contributed by atoms with Gasteiger partial charge in [-0.25, -0.2) is 9.97 Å². The largest absolute Gasteiger partial charge is 0.376 e. The van der Waals surface area contributed by atoms with Crippen LogP contribution in [-0.2, 0) is 4.74 Å². The molecule has 0 radical (unpaired) electrons. The maximum atomic E-state index is 12.3. The molecule has 0 bridgehead atoms. The molecule has 7 nitrogen and oxygen atoms in total. The summed E-state index contributed by atoms with van der Waals surface area (Å²) in [6.45, 7) is 1.46. The summed E-state index contributed by atoms with van der Waals surface area (Å²) < 4.78 is 5.54. The number of aromatic nitrogens is 2. The third-order valence-electron chi connectivity index (χ3n) is 3.71. The van der Waals surface area contributed by atoms with Crippen molar-refractivity contribution >= 4 is 17.4 Å². The lowest BCUT2D eigenvalue weighted by atomic mass is 10.2. The van der Waals surface area contributed by atoms with E-state index in [1.54, 1.807) is 30.3 Å². The van der Waals surface area contributed by atoms with Crippen LogP contribution >= 0.6 is 0 Å². The molecule has 0 saturated carbocycles. The molecule has 1 amide bonds. The molecule has 0 spiro atoms. The Bertz CT molecular complexity index is 748. The minimum atomic E-state index is -0.331. The summed E-state index contributed by atoms with van der Waals surface area (Å²) in [4.78, 5) is 20.4. The van der Waals surface area contributed by atoms with Gasteiger partial charge < -0.3 is 15.4 Å². The highest BCUT2D eigenvalue weighted by Gasteiger charge is 2.15. The summed E-state index contributed by atoms with van der Waals surface area (Å²) in [5, 5.41) is 14.7. The van der Waals surface area contributed by atoms with Gasteiger partial charge in [0.05, 0.1) is 17.7 Å². The summed E-state index contributed by atoms with van der Waals surface area (Å²) in [7, 11) is 0. The lowest BCUT2D eigenvalue weighted by molar-refractivity contribution is 0.102. The highest BCUT2D eigenvalue weighted by atomic mass is 16.5. The van der Waals surface area contributed by atoms with Gasteiger partial charge in [0.1, 0.15) is 17.8 Å². The maximum absolute atomic E-state index is 12.3. The van der Waals surface area contributed by atoms with Crippen molar-refractivity contribution in [2.24, 2.45) is 0 Å². The number of carbonyl (C=O) groups is 1. The molecule has 1 aliphatic heterocycles. The van der Waals surface area contributed by atoms with Crippen molar-refractivity contribution in [3.05, 3.63) is 47.9 Å². The number of anilines is 2. The zero-order valence-electron chi connectivity index (χ0n) is 13.0. The van der Waals surface area contributed by atoms with Gasteiger partial charge in [-0.1, -0.05) is 0 Å². The molecule has 1 atom stereocenters. The van der Waals surface area contributed by atoms with E-state index in [4.69, 9.17) is 10.00 Å². The fourth-order valence-corrected chi connectivity index (χ4v) is 2.43. The second-order valence-corrected chi connectivity index (χ2v) is 5.45. The van der Waals surface area contributed by atoms with E-state index in [0.717, 1.165) is 19.4 Å². The van der Waals surface area contributed by atoms with Crippen LogP contribution in [0.4, 0.5) is 11.5 Å². The molecular weight excluding hydrogens is 306 g/mol. The standard InChI is InChI=1S/C17H17N5O2/c18-9-12-3-5-13(6-4-12)22-17(23)15-8-16(21-11-20-15)19-10-14-2-1-7-24-14/h3-6,8,11,14H,1-2,7,10H2,(H,22,23)(H,19,20,21). The molecule has 1 saturated heterocycles. The number of nitriles is 1. The summed E-state index contributed by atoms with van der Waals surface area (Å²) >= 11 is 0. The van der Waals surface area contributed by atoms with Crippen LogP contribution in [0.3, 0.4) is 0 Å². The Morgan fingerprint density at radius 3 is 2.88 bits per heavy atom. The fourth-order valence-electron chi connectivity index (χ4n) is 2.43. The Labute approximate surface area is 139 Å². The first-order chi connectivity index (χ1) is 11.7. The number of nitrogens with one attached hydrogen (secondary N) is 2. The lowest BCUT2D eigenvalue weighted by Gasteiger charge is -2.11. The van der Waals surface area contributed by atoms with E-state index in [1.807, 2.05) is 6.07 Å². The molecule has 3 rings (SSSR count). The van der Waals surface area contributed by atoms with E-state index in [9.17, 15) is 4.79 Å². The molecule has 1 unspecified atom stereocenters. The summed E-state index contributed by atoms with van der Waals surface area (Å²) in [5.74, 6) is 0.257. The summed E-state index contributed by atoms with van der Waals surface area (Å²) in [5.41, 5.74) is 1.41. The normalized spacial score (nSPS) is 16.4. The first kappa shape index (κ1) is 15.9. The van der Waals surface area contributed by atoms with Crippen molar-refractivity contribution in [3.63, 3.8) is 0 Å². The SMILES string of the molecule is N#Cc1ccc(NC(=O)c2cc(NCC3CCCO3)ncn2)cc1.